The van der Waals surface area contributed by atoms with E-state index in [1.807, 2.05) is 24.6 Å². The van der Waals surface area contributed by atoms with Crippen molar-refractivity contribution in [2.24, 2.45) is 0 Å². The Morgan fingerprint density at radius 2 is 2.09 bits per heavy atom. The Hall–Kier alpha value is -1.72. The second kappa shape index (κ2) is 5.82. The second-order valence-corrected chi connectivity index (χ2v) is 7.52. The largest absolute Gasteiger partial charge is 0.465 e. The van der Waals surface area contributed by atoms with Gasteiger partial charge in [0.2, 0.25) is 0 Å². The zero-order chi connectivity index (χ0) is 16.7. The molecule has 2 atom stereocenters. The maximum absolute atomic E-state index is 11.4. The van der Waals surface area contributed by atoms with E-state index in [9.17, 15) is 9.90 Å². The molecule has 1 aromatic heterocycles. The highest BCUT2D eigenvalue weighted by atomic mass is 16.4. The molecule has 0 radical (unpaired) electrons. The first-order valence-corrected chi connectivity index (χ1v) is 7.98. The highest BCUT2D eigenvalue weighted by Crippen LogP contribution is 2.38. The minimum atomic E-state index is -0.833. The van der Waals surface area contributed by atoms with Gasteiger partial charge in [0.15, 0.2) is 0 Å². The van der Waals surface area contributed by atoms with Crippen molar-refractivity contribution >= 4 is 11.9 Å². The van der Waals surface area contributed by atoms with Gasteiger partial charge in [0.25, 0.3) is 0 Å². The Labute approximate surface area is 132 Å². The maximum Gasteiger partial charge on any atom is 0.407 e. The predicted molar refractivity (Wildman–Crippen MR) is 87.0 cm³/mol. The van der Waals surface area contributed by atoms with E-state index in [4.69, 9.17) is 5.73 Å². The Morgan fingerprint density at radius 3 is 2.55 bits per heavy atom. The Balaban J connectivity index is 2.15. The summed E-state index contributed by atoms with van der Waals surface area (Å²) in [5, 5.41) is 14.1. The van der Waals surface area contributed by atoms with Gasteiger partial charge in [0, 0.05) is 24.1 Å². The normalized spacial score (nSPS) is 22.3. The Kier molecular flexibility index (Phi) is 4.40. The number of rotatable bonds is 3. The molecule has 6 heteroatoms. The molecule has 0 aliphatic heterocycles. The minimum Gasteiger partial charge on any atom is -0.465 e. The van der Waals surface area contributed by atoms with Gasteiger partial charge in [-0.15, -0.1) is 0 Å². The number of nitrogen functional groups attached to an aromatic ring is 1. The van der Waals surface area contributed by atoms with Crippen LogP contribution in [0.4, 0.5) is 10.6 Å². The molecule has 3 N–H and O–H groups in total. The van der Waals surface area contributed by atoms with Gasteiger partial charge in [-0.05, 0) is 53.9 Å². The lowest BCUT2D eigenvalue weighted by Gasteiger charge is -2.30. The van der Waals surface area contributed by atoms with Crippen LogP contribution in [-0.2, 0) is 5.54 Å². The van der Waals surface area contributed by atoms with E-state index in [1.54, 1.807) is 4.90 Å². The van der Waals surface area contributed by atoms with Gasteiger partial charge >= 0.3 is 6.09 Å². The molecule has 1 amide bonds. The van der Waals surface area contributed by atoms with Gasteiger partial charge in [0.05, 0.1) is 11.2 Å². The lowest BCUT2D eigenvalue weighted by molar-refractivity contribution is 0.108. The number of nitrogens with zero attached hydrogens (tertiary/aromatic N) is 3. The van der Waals surface area contributed by atoms with E-state index in [0.717, 1.165) is 25.0 Å². The first kappa shape index (κ1) is 16.6. The van der Waals surface area contributed by atoms with E-state index in [1.165, 1.54) is 0 Å². The number of amides is 1. The molecule has 1 fully saturated rings. The summed E-state index contributed by atoms with van der Waals surface area (Å²) in [4.78, 5) is 13.0. The van der Waals surface area contributed by atoms with Gasteiger partial charge in [-0.3, -0.25) is 0 Å². The summed E-state index contributed by atoms with van der Waals surface area (Å²) in [7, 11) is 0. The van der Waals surface area contributed by atoms with Gasteiger partial charge < -0.3 is 15.7 Å². The Bertz CT molecular complexity index is 545. The molecule has 1 aromatic rings. The summed E-state index contributed by atoms with van der Waals surface area (Å²) < 4.78 is 1.85. The molecule has 1 heterocycles. The lowest BCUT2D eigenvalue weighted by atomic mass is 10.0. The molecular weight excluding hydrogens is 280 g/mol. The van der Waals surface area contributed by atoms with Crippen LogP contribution in [0, 0.1) is 0 Å². The predicted octanol–water partition coefficient (Wildman–Crippen LogP) is 3.24. The van der Waals surface area contributed by atoms with E-state index >= 15 is 0 Å². The highest BCUT2D eigenvalue weighted by Gasteiger charge is 2.35. The highest BCUT2D eigenvalue weighted by molar-refractivity contribution is 5.66. The monoisotopic (exact) mass is 308 g/mol. The van der Waals surface area contributed by atoms with Crippen molar-refractivity contribution in [3.05, 3.63) is 11.8 Å². The summed E-state index contributed by atoms with van der Waals surface area (Å²) in [6.07, 6.45) is 1.84. The summed E-state index contributed by atoms with van der Waals surface area (Å²) in [6.45, 7) is 10.1. The fourth-order valence-corrected chi connectivity index (χ4v) is 3.43. The number of hydrogen-bond acceptors (Lipinski definition) is 3. The minimum absolute atomic E-state index is 0.00143. The van der Waals surface area contributed by atoms with Crippen LogP contribution >= 0.6 is 0 Å². The molecule has 6 nitrogen and oxygen atoms in total. The van der Waals surface area contributed by atoms with E-state index < -0.39 is 6.09 Å². The van der Waals surface area contributed by atoms with Crippen LogP contribution in [0.3, 0.4) is 0 Å². The molecule has 0 aromatic carbocycles. The average molecular weight is 308 g/mol. The smallest absolute Gasteiger partial charge is 0.407 e. The number of nitrogens with two attached hydrogens (primary N) is 1. The van der Waals surface area contributed by atoms with Crippen molar-refractivity contribution in [3.8, 4) is 0 Å². The summed E-state index contributed by atoms with van der Waals surface area (Å²) >= 11 is 0. The molecule has 1 aliphatic rings. The Morgan fingerprint density at radius 1 is 1.45 bits per heavy atom. The zero-order valence-corrected chi connectivity index (χ0v) is 14.2. The molecule has 0 spiro atoms. The molecule has 1 unspecified atom stereocenters. The third-order valence-corrected chi connectivity index (χ3v) is 4.39. The first-order valence-electron chi connectivity index (χ1n) is 7.98. The summed E-state index contributed by atoms with van der Waals surface area (Å²) in [5.41, 5.74) is 6.92. The fourth-order valence-electron chi connectivity index (χ4n) is 3.43. The number of carbonyl (C=O) groups is 1. The molecule has 124 valence electrons. The van der Waals surface area contributed by atoms with Crippen molar-refractivity contribution in [2.75, 3.05) is 5.73 Å². The summed E-state index contributed by atoms with van der Waals surface area (Å²) in [6, 6.07) is 2.01. The number of aromatic nitrogens is 2. The second-order valence-electron chi connectivity index (χ2n) is 7.52. The van der Waals surface area contributed by atoms with Crippen molar-refractivity contribution in [1.82, 2.24) is 14.7 Å². The SMILES string of the molecule is CC(C)N(C(=O)O)C1CC[C@H](c2cc(N)n(C(C)(C)C)n2)C1. The third kappa shape index (κ3) is 3.20. The molecule has 22 heavy (non-hydrogen) atoms. The lowest BCUT2D eigenvalue weighted by Crippen LogP contribution is -2.42. The molecular formula is C16H28N4O2. The quantitative estimate of drug-likeness (QED) is 0.897. The maximum atomic E-state index is 11.4. The van der Waals surface area contributed by atoms with Gasteiger partial charge in [0.1, 0.15) is 5.82 Å². The zero-order valence-electron chi connectivity index (χ0n) is 14.2. The molecule has 1 aliphatic carbocycles. The molecule has 1 saturated carbocycles. The first-order chi connectivity index (χ1) is 10.1. The van der Waals surface area contributed by atoms with Crippen LogP contribution < -0.4 is 5.73 Å². The van der Waals surface area contributed by atoms with E-state index in [0.29, 0.717) is 5.82 Å². The number of carboxylic acid groups (broad SMARTS) is 1. The standard InChI is InChI=1S/C16H28N4O2/c1-10(2)19(15(21)22)12-7-6-11(8-12)13-9-14(17)20(18-13)16(3,4)5/h9-12H,6-8,17H2,1-5H3,(H,21,22)/t11-,12?/m0/s1. The van der Waals surface area contributed by atoms with Crippen molar-refractivity contribution in [1.29, 1.82) is 0 Å². The van der Waals surface area contributed by atoms with Crippen molar-refractivity contribution < 1.29 is 9.90 Å². The fraction of sp³-hybridized carbons (Fsp3) is 0.750. The van der Waals surface area contributed by atoms with Gasteiger partial charge in [-0.2, -0.15) is 5.10 Å². The van der Waals surface area contributed by atoms with Crippen LogP contribution in [-0.4, -0.2) is 38.0 Å². The number of anilines is 1. The van der Waals surface area contributed by atoms with Crippen molar-refractivity contribution in [2.45, 2.75) is 77.4 Å². The van der Waals surface area contributed by atoms with Crippen molar-refractivity contribution in [3.63, 3.8) is 0 Å². The van der Waals surface area contributed by atoms with E-state index in [2.05, 4.69) is 25.9 Å². The molecule has 0 bridgehead atoms. The van der Waals surface area contributed by atoms with Crippen LogP contribution in [0.1, 0.15) is 65.5 Å². The van der Waals surface area contributed by atoms with Crippen LogP contribution in [0.2, 0.25) is 0 Å². The van der Waals surface area contributed by atoms with Crippen LogP contribution in [0.5, 0.6) is 0 Å². The van der Waals surface area contributed by atoms with Crippen LogP contribution in [0.15, 0.2) is 6.07 Å². The van der Waals surface area contributed by atoms with Gasteiger partial charge in [-0.25, -0.2) is 9.48 Å². The molecule has 2 rings (SSSR count). The van der Waals surface area contributed by atoms with E-state index in [-0.39, 0.29) is 23.5 Å². The third-order valence-electron chi connectivity index (χ3n) is 4.39. The average Bonchev–Trinajstić information content (AvgIpc) is 2.93. The van der Waals surface area contributed by atoms with Gasteiger partial charge in [-0.1, -0.05) is 0 Å². The summed E-state index contributed by atoms with van der Waals surface area (Å²) in [5.74, 6) is 0.960. The topological polar surface area (TPSA) is 84.4 Å². The number of hydrogen-bond donors (Lipinski definition) is 2. The molecule has 0 saturated heterocycles. The van der Waals surface area contributed by atoms with Crippen LogP contribution in [0.25, 0.3) is 0 Å².